The normalized spacial score (nSPS) is 39.1. The molecule has 9 heteroatoms. The topological polar surface area (TPSA) is 132 Å². The van der Waals surface area contributed by atoms with E-state index in [1.54, 1.807) is 18.2 Å². The summed E-state index contributed by atoms with van der Waals surface area (Å²) < 4.78 is 6.71. The van der Waals surface area contributed by atoms with E-state index in [4.69, 9.17) is 10.5 Å². The minimum absolute atomic E-state index is 0.00106. The summed E-state index contributed by atoms with van der Waals surface area (Å²) in [6, 6.07) is 8.39. The maximum Gasteiger partial charge on any atom is 0.255 e. The highest BCUT2D eigenvalue weighted by Gasteiger charge is 2.63. The van der Waals surface area contributed by atoms with E-state index in [9.17, 15) is 20.0 Å². The Kier molecular flexibility index (Phi) is 5.96. The van der Waals surface area contributed by atoms with E-state index in [0.29, 0.717) is 29.9 Å². The second-order valence-corrected chi connectivity index (χ2v) is 13.5. The van der Waals surface area contributed by atoms with Gasteiger partial charge in [0.1, 0.15) is 11.8 Å². The van der Waals surface area contributed by atoms with Crippen LogP contribution >= 0.6 is 0 Å². The van der Waals surface area contributed by atoms with Crippen LogP contribution in [-0.2, 0) is 9.53 Å². The van der Waals surface area contributed by atoms with E-state index < -0.39 is 6.04 Å². The summed E-state index contributed by atoms with van der Waals surface area (Å²) in [5, 5.41) is 22.5. The van der Waals surface area contributed by atoms with E-state index >= 15 is 0 Å². The van der Waals surface area contributed by atoms with Gasteiger partial charge in [0.25, 0.3) is 5.91 Å². The first-order valence-electron chi connectivity index (χ1n) is 14.7. The third-order valence-corrected chi connectivity index (χ3v) is 10.7. The second-order valence-electron chi connectivity index (χ2n) is 13.5. The fraction of sp³-hybridized carbons (Fsp3) is 0.700. The lowest BCUT2D eigenvalue weighted by molar-refractivity contribution is -0.202. The average molecular weight is 534 g/mol. The molecular formula is C30H39N5O4. The number of rotatable bonds is 8. The predicted molar refractivity (Wildman–Crippen MR) is 142 cm³/mol. The minimum Gasteiger partial charge on any atom is -0.507 e. The lowest BCUT2D eigenvalue weighted by atomic mass is 9.46. The van der Waals surface area contributed by atoms with Gasteiger partial charge in [-0.2, -0.15) is 5.26 Å². The van der Waals surface area contributed by atoms with Crippen LogP contribution in [0.3, 0.4) is 0 Å². The zero-order valence-electron chi connectivity index (χ0n) is 22.4. The molecule has 6 atom stereocenters. The molecule has 1 aromatic carbocycles. The molecule has 2 amide bonds. The summed E-state index contributed by atoms with van der Waals surface area (Å²) in [6.45, 7) is 2.97. The van der Waals surface area contributed by atoms with Crippen molar-refractivity contribution in [3.63, 3.8) is 0 Å². The fourth-order valence-corrected chi connectivity index (χ4v) is 9.26. The van der Waals surface area contributed by atoms with Gasteiger partial charge in [-0.15, -0.1) is 0 Å². The number of nitriles is 1. The number of phenolic OH excluding ortho intramolecular Hbond substituents is 1. The molecule has 7 aliphatic rings. The number of piperidine rings is 1. The number of ether oxygens (including phenoxy) is 1. The number of likely N-dealkylation sites (tertiary alicyclic amines) is 2. The monoisotopic (exact) mass is 533 g/mol. The standard InChI is InChI=1S/C30H39N5O4/c31-14-22-8-20-9-24(20)35(22)28(38)26(32)29-10-18-7-19(11-29)13-30(12-18,17-29)39-6-5-34-15-21(16-34)33-27(37)23-3-1-2-4-25(23)36/h1-4,18-22,24,26,36H,5-13,15-17,32H2,(H,33,37)/t18?,19?,20-,22+,24+,26-,29?,30?/m1/s1. The number of aromatic hydroxyl groups is 1. The number of hydrogen-bond donors (Lipinski definition) is 3. The number of phenols is 1. The van der Waals surface area contributed by atoms with Crippen molar-refractivity contribution in [2.45, 2.75) is 81.1 Å². The number of fused-ring (bicyclic) bond motifs is 1. The van der Waals surface area contributed by atoms with Crippen molar-refractivity contribution in [3.05, 3.63) is 29.8 Å². The summed E-state index contributed by atoms with van der Waals surface area (Å²) in [4.78, 5) is 30.3. The maximum absolute atomic E-state index is 13.7. The molecule has 9 nitrogen and oxygen atoms in total. The molecule has 2 unspecified atom stereocenters. The van der Waals surface area contributed by atoms with Crippen molar-refractivity contribution in [1.82, 2.24) is 15.1 Å². The molecule has 2 heterocycles. The molecule has 0 radical (unpaired) electrons. The van der Waals surface area contributed by atoms with Gasteiger partial charge in [0.05, 0.1) is 35.9 Å². The first-order valence-corrected chi connectivity index (χ1v) is 14.7. The van der Waals surface area contributed by atoms with Crippen LogP contribution in [0.5, 0.6) is 5.75 Å². The van der Waals surface area contributed by atoms with Crippen LogP contribution in [0.2, 0.25) is 0 Å². The van der Waals surface area contributed by atoms with E-state index in [2.05, 4.69) is 16.3 Å². The van der Waals surface area contributed by atoms with Crippen LogP contribution in [0, 0.1) is 34.5 Å². The van der Waals surface area contributed by atoms with Crippen LogP contribution in [0.15, 0.2) is 24.3 Å². The van der Waals surface area contributed by atoms with Crippen molar-refractivity contribution in [1.29, 1.82) is 5.26 Å². The van der Waals surface area contributed by atoms with Crippen molar-refractivity contribution in [3.8, 4) is 11.8 Å². The predicted octanol–water partition coefficient (Wildman–Crippen LogP) is 2.00. The quantitative estimate of drug-likeness (QED) is 0.466. The van der Waals surface area contributed by atoms with Gasteiger partial charge >= 0.3 is 0 Å². The van der Waals surface area contributed by atoms with Gasteiger partial charge in [0, 0.05) is 25.7 Å². The molecule has 5 saturated carbocycles. The Morgan fingerprint density at radius 1 is 1.15 bits per heavy atom. The number of amides is 2. The Morgan fingerprint density at radius 2 is 1.90 bits per heavy atom. The van der Waals surface area contributed by atoms with Crippen LogP contribution in [0.4, 0.5) is 0 Å². The minimum atomic E-state index is -0.551. The van der Waals surface area contributed by atoms with E-state index in [1.807, 2.05) is 4.90 Å². The van der Waals surface area contributed by atoms with Crippen LogP contribution in [0.1, 0.15) is 61.7 Å². The molecule has 1 aromatic rings. The van der Waals surface area contributed by atoms with E-state index in [0.717, 1.165) is 64.6 Å². The highest BCUT2D eigenvalue weighted by Crippen LogP contribution is 2.64. The molecule has 2 saturated heterocycles. The molecule has 4 bridgehead atoms. The molecule has 2 aliphatic heterocycles. The van der Waals surface area contributed by atoms with Crippen molar-refractivity contribution < 1.29 is 19.4 Å². The number of nitrogens with zero attached hydrogens (tertiary/aromatic N) is 3. The van der Waals surface area contributed by atoms with Crippen LogP contribution in [0.25, 0.3) is 0 Å². The molecular weight excluding hydrogens is 494 g/mol. The van der Waals surface area contributed by atoms with Crippen LogP contribution < -0.4 is 11.1 Å². The number of carbonyl (C=O) groups is 2. The summed E-state index contributed by atoms with van der Waals surface area (Å²) in [5.74, 6) is 1.37. The van der Waals surface area contributed by atoms with Gasteiger partial charge in [0.15, 0.2) is 0 Å². The SMILES string of the molecule is N#C[C@@H]1C[C@@H]2C[C@@H]2N1C(=O)[C@@H](N)C12CC3CC(CC(OCCN4CC(NC(=O)c5ccccc5O)C4)(C3)C1)C2. The Labute approximate surface area is 229 Å². The lowest BCUT2D eigenvalue weighted by Crippen LogP contribution is -2.65. The van der Waals surface area contributed by atoms with Crippen molar-refractivity contribution >= 4 is 11.8 Å². The third-order valence-electron chi connectivity index (χ3n) is 10.7. The molecule has 7 fully saturated rings. The van der Waals surface area contributed by atoms with Gasteiger partial charge < -0.3 is 25.8 Å². The highest BCUT2D eigenvalue weighted by atomic mass is 16.5. The number of hydrogen-bond acceptors (Lipinski definition) is 7. The zero-order chi connectivity index (χ0) is 26.9. The maximum atomic E-state index is 13.7. The number of carbonyl (C=O) groups excluding carboxylic acids is 2. The molecule has 0 aromatic heterocycles. The summed E-state index contributed by atoms with van der Waals surface area (Å²) in [7, 11) is 0. The Bertz CT molecular complexity index is 1190. The van der Waals surface area contributed by atoms with Gasteiger partial charge in [-0.3, -0.25) is 14.5 Å². The second kappa shape index (κ2) is 9.18. The van der Waals surface area contributed by atoms with Gasteiger partial charge in [0.2, 0.25) is 5.91 Å². The Hall–Kier alpha value is -2.67. The molecule has 4 N–H and O–H groups in total. The smallest absolute Gasteiger partial charge is 0.255 e. The molecule has 208 valence electrons. The van der Waals surface area contributed by atoms with Gasteiger partial charge in [-0.05, 0) is 86.7 Å². The summed E-state index contributed by atoms with van der Waals surface area (Å²) in [6.07, 6.45) is 8.02. The van der Waals surface area contributed by atoms with Gasteiger partial charge in [-0.1, -0.05) is 12.1 Å². The first kappa shape index (κ1) is 25.3. The number of nitrogens with one attached hydrogen (secondary N) is 1. The zero-order valence-corrected chi connectivity index (χ0v) is 22.4. The molecule has 8 rings (SSSR count). The van der Waals surface area contributed by atoms with Crippen molar-refractivity contribution in [2.75, 3.05) is 26.2 Å². The largest absolute Gasteiger partial charge is 0.507 e. The summed E-state index contributed by atoms with van der Waals surface area (Å²) in [5.41, 5.74) is 6.73. The van der Waals surface area contributed by atoms with E-state index in [-0.39, 0.29) is 46.7 Å². The number of nitrogens with two attached hydrogens (primary N) is 1. The Morgan fingerprint density at radius 3 is 2.62 bits per heavy atom. The first-order chi connectivity index (χ1) is 18.8. The molecule has 39 heavy (non-hydrogen) atoms. The fourth-order valence-electron chi connectivity index (χ4n) is 9.26. The van der Waals surface area contributed by atoms with Gasteiger partial charge in [-0.25, -0.2) is 0 Å². The van der Waals surface area contributed by atoms with E-state index in [1.165, 1.54) is 12.5 Å². The number of para-hydroxylation sites is 1. The number of benzene rings is 1. The Balaban J connectivity index is 0.938. The molecule has 0 spiro atoms. The lowest BCUT2D eigenvalue weighted by Gasteiger charge is -2.63. The van der Waals surface area contributed by atoms with Crippen molar-refractivity contribution in [2.24, 2.45) is 28.9 Å². The summed E-state index contributed by atoms with van der Waals surface area (Å²) >= 11 is 0. The average Bonchev–Trinajstić information content (AvgIpc) is 3.54. The third kappa shape index (κ3) is 4.32. The molecule has 5 aliphatic carbocycles. The van der Waals surface area contributed by atoms with Crippen LogP contribution in [-0.4, -0.2) is 82.7 Å². The highest BCUT2D eigenvalue weighted by molar-refractivity contribution is 5.97.